The number of aliphatic hydroxyl groups is 3. The Morgan fingerprint density at radius 1 is 1.02 bits per heavy atom. The van der Waals surface area contributed by atoms with Gasteiger partial charge in [-0.2, -0.15) is 15.2 Å². The summed E-state index contributed by atoms with van der Waals surface area (Å²) in [4.78, 5) is 88.6. The fourth-order valence-corrected chi connectivity index (χ4v) is 10.8. The van der Waals surface area contributed by atoms with E-state index in [1.165, 1.54) is 13.8 Å². The third-order valence-electron chi connectivity index (χ3n) is 8.73. The van der Waals surface area contributed by atoms with Gasteiger partial charge < -0.3 is 56.0 Å². The topological polar surface area (TPSA) is 384 Å². The van der Waals surface area contributed by atoms with E-state index in [9.17, 15) is 63.0 Å². The van der Waals surface area contributed by atoms with Gasteiger partial charge in [-0.25, -0.2) is 28.6 Å². The van der Waals surface area contributed by atoms with Crippen LogP contribution in [0.2, 0.25) is 0 Å². The van der Waals surface area contributed by atoms with E-state index < -0.39 is 102 Å². The molecule has 2 aromatic heterocycles. The molecule has 332 valence electrons. The van der Waals surface area contributed by atoms with E-state index in [0.29, 0.717) is 18.6 Å². The molecule has 0 spiro atoms. The predicted octanol–water partition coefficient (Wildman–Crippen LogP) is -0.498. The molecule has 0 aromatic carbocycles. The first-order valence-electron chi connectivity index (χ1n) is 17.7. The number of anilines is 1. The summed E-state index contributed by atoms with van der Waals surface area (Å²) >= 11 is 0. The molecule has 58 heavy (non-hydrogen) atoms. The van der Waals surface area contributed by atoms with Crippen LogP contribution in [0.5, 0.6) is 0 Å². The number of imidazole rings is 1. The first-order chi connectivity index (χ1) is 26.8. The number of nitrogens with two attached hydrogens (primary N) is 1. The van der Waals surface area contributed by atoms with E-state index >= 15 is 0 Å². The molecular formula is C29H52N7O18P3S. The summed E-state index contributed by atoms with van der Waals surface area (Å²) < 4.78 is 62.2. The Bertz CT molecular complexity index is 1880. The molecule has 10 atom stereocenters. The molecule has 1 saturated heterocycles. The van der Waals surface area contributed by atoms with Crippen LogP contribution in [0, 0.1) is 5.41 Å². The number of carbonyl (C=O) groups excluding carboxylic acids is 3. The first kappa shape index (κ1) is 49.9. The van der Waals surface area contributed by atoms with Crippen molar-refractivity contribution < 1.29 is 85.6 Å². The van der Waals surface area contributed by atoms with Crippen LogP contribution in [-0.4, -0.2) is 139 Å². The van der Waals surface area contributed by atoms with Gasteiger partial charge in [-0.05, 0) is 19.1 Å². The summed E-state index contributed by atoms with van der Waals surface area (Å²) in [5.74, 6) is -1.12. The van der Waals surface area contributed by atoms with Crippen LogP contribution in [0.3, 0.4) is 0 Å². The Morgan fingerprint density at radius 2 is 1.67 bits per heavy atom. The van der Waals surface area contributed by atoms with Crippen LogP contribution in [0.4, 0.5) is 5.82 Å². The lowest BCUT2D eigenvalue weighted by Crippen LogP contribution is -2.46. The maximum Gasteiger partial charge on any atom is 0.481 e. The standard InChI is InChI=1S/C29H52N7O18P3S/c1-6-7-20(39)58(17(3)16(2)37)11-10-31-19(38)8-9-32-27(42)24(41)29(4,5)13-51-57(48,49)54-56(46,47)50-12-18-23(53-55(43,44)45)22(40)28(52-18)36-15-35-21-25(30)33-14-34-26(21)36/h14-18,22-24,28,37,40-41,58H,6-13H2,1-5H3,(H,31,38)(H,32,42)(H,46,47)(H,48,49)(H2,30,33,34)(H2,43,44,45)/t16?,17?,18-,22-,23-,24?,28-/m1/s1. The zero-order valence-electron chi connectivity index (χ0n) is 32.1. The Morgan fingerprint density at radius 3 is 2.29 bits per heavy atom. The molecule has 0 aliphatic carbocycles. The number of fused-ring (bicyclic) bond motifs is 1. The van der Waals surface area contributed by atoms with Crippen LogP contribution in [0.15, 0.2) is 12.7 Å². The second kappa shape index (κ2) is 20.9. The number of hydrogen-bond donors (Lipinski definition) is 11. The fraction of sp³-hybridized carbons (Fsp3) is 0.724. The molecule has 3 heterocycles. The highest BCUT2D eigenvalue weighted by molar-refractivity contribution is 8.30. The minimum Gasteiger partial charge on any atom is -0.392 e. The number of amides is 2. The van der Waals surface area contributed by atoms with Gasteiger partial charge in [0.2, 0.25) is 11.8 Å². The molecule has 25 nitrogen and oxygen atoms in total. The van der Waals surface area contributed by atoms with Crippen molar-refractivity contribution in [1.29, 1.82) is 0 Å². The number of thiol groups is 1. The lowest BCUT2D eigenvalue weighted by atomic mass is 9.87. The molecule has 11 N–H and O–H groups in total. The van der Waals surface area contributed by atoms with Crippen LogP contribution >= 0.6 is 34.4 Å². The van der Waals surface area contributed by atoms with E-state index in [2.05, 4.69) is 34.4 Å². The Balaban J connectivity index is 1.51. The normalized spacial score (nSPS) is 23.3. The van der Waals surface area contributed by atoms with Gasteiger partial charge in [0.1, 0.15) is 36.3 Å². The molecule has 29 heteroatoms. The van der Waals surface area contributed by atoms with Gasteiger partial charge in [0.25, 0.3) is 0 Å². The quantitative estimate of drug-likeness (QED) is 0.0494. The molecule has 1 fully saturated rings. The van der Waals surface area contributed by atoms with Gasteiger partial charge in [-0.3, -0.25) is 32.5 Å². The maximum absolute atomic E-state index is 12.7. The van der Waals surface area contributed by atoms with Crippen molar-refractivity contribution in [3.05, 3.63) is 12.7 Å². The number of rotatable bonds is 23. The minimum absolute atomic E-state index is 0.0267. The maximum atomic E-state index is 12.7. The smallest absolute Gasteiger partial charge is 0.392 e. The molecule has 0 bridgehead atoms. The van der Waals surface area contributed by atoms with E-state index in [1.54, 1.807) is 13.8 Å². The van der Waals surface area contributed by atoms with E-state index in [1.807, 2.05) is 6.92 Å². The summed E-state index contributed by atoms with van der Waals surface area (Å²) in [7, 11) is -17.6. The second-order valence-corrected chi connectivity index (χ2v) is 20.8. The molecule has 2 amide bonds. The Kier molecular flexibility index (Phi) is 17.9. The number of nitrogens with one attached hydrogen (secondary N) is 2. The molecule has 6 unspecified atom stereocenters. The summed E-state index contributed by atoms with van der Waals surface area (Å²) in [5, 5.41) is 36.3. The summed E-state index contributed by atoms with van der Waals surface area (Å²) in [6.07, 6.45) is -6.65. The number of aromatic nitrogens is 4. The van der Waals surface area contributed by atoms with Gasteiger partial charge in [-0.1, -0.05) is 27.7 Å². The number of phosphoric acid groups is 3. The Labute approximate surface area is 335 Å². The third-order valence-corrected chi connectivity index (χ3v) is 14.8. The average molecular weight is 912 g/mol. The number of phosphoric ester groups is 3. The monoisotopic (exact) mass is 911 g/mol. The highest BCUT2D eigenvalue weighted by Crippen LogP contribution is 2.61. The number of nitrogens with zero attached hydrogens (tertiary/aromatic N) is 4. The van der Waals surface area contributed by atoms with Gasteiger partial charge in [0.05, 0.1) is 25.6 Å². The largest absolute Gasteiger partial charge is 0.481 e. The van der Waals surface area contributed by atoms with Crippen LogP contribution in [0.25, 0.3) is 11.2 Å². The van der Waals surface area contributed by atoms with E-state index in [4.69, 9.17) is 19.5 Å². The molecule has 2 aromatic rings. The summed E-state index contributed by atoms with van der Waals surface area (Å²) in [6.45, 7) is 5.67. The first-order valence-corrected chi connectivity index (χ1v) is 23.8. The molecule has 1 aliphatic rings. The fourth-order valence-electron chi connectivity index (χ4n) is 5.43. The molecule has 1 aliphatic heterocycles. The minimum atomic E-state index is -5.58. The molecule has 0 saturated carbocycles. The SMILES string of the molecule is CCCC(=O)[SH](CCNC(=O)CCNC(=O)C(O)C(C)(C)COP(=O)(O)OP(=O)(O)OC[C@H]1O[C@@H](n2cnc3c(N)ncnc32)[C@H](O)[C@@H]1OP(=O)(O)O)C(C)C(C)O. The molecular weight excluding hydrogens is 859 g/mol. The highest BCUT2D eigenvalue weighted by atomic mass is 32.2. The van der Waals surface area contributed by atoms with Crippen molar-refractivity contribution in [3.63, 3.8) is 0 Å². The van der Waals surface area contributed by atoms with E-state index in [0.717, 1.165) is 17.2 Å². The lowest BCUT2D eigenvalue weighted by molar-refractivity contribution is -0.137. The zero-order valence-corrected chi connectivity index (χ0v) is 35.7. The summed E-state index contributed by atoms with van der Waals surface area (Å²) in [5.41, 5.74) is 4.24. The number of aliphatic hydroxyl groups excluding tert-OH is 3. The zero-order chi connectivity index (χ0) is 43.8. The average Bonchev–Trinajstić information content (AvgIpc) is 3.67. The van der Waals surface area contributed by atoms with Crippen molar-refractivity contribution in [2.24, 2.45) is 5.41 Å². The van der Waals surface area contributed by atoms with Crippen molar-refractivity contribution in [2.75, 3.05) is 37.8 Å². The van der Waals surface area contributed by atoms with Crippen LogP contribution in [-0.2, 0) is 50.7 Å². The predicted molar refractivity (Wildman–Crippen MR) is 205 cm³/mol. The third kappa shape index (κ3) is 14.3. The second-order valence-electron chi connectivity index (χ2n) is 13.9. The summed E-state index contributed by atoms with van der Waals surface area (Å²) in [6, 6.07) is 0. The van der Waals surface area contributed by atoms with Crippen LogP contribution < -0.4 is 16.4 Å². The van der Waals surface area contributed by atoms with Gasteiger partial charge in [0.15, 0.2) is 22.8 Å². The number of ether oxygens (including phenoxy) is 1. The molecule has 0 radical (unpaired) electrons. The van der Waals surface area contributed by atoms with Crippen molar-refractivity contribution in [3.8, 4) is 0 Å². The van der Waals surface area contributed by atoms with Crippen LogP contribution in [0.1, 0.15) is 60.1 Å². The lowest BCUT2D eigenvalue weighted by Gasteiger charge is -2.30. The van der Waals surface area contributed by atoms with Crippen molar-refractivity contribution in [1.82, 2.24) is 30.2 Å². The number of carbonyl (C=O) groups is 3. The number of nitrogen functional groups attached to an aromatic ring is 1. The number of hydrogen-bond acceptors (Lipinski definition) is 18. The van der Waals surface area contributed by atoms with Gasteiger partial charge in [0, 0.05) is 36.6 Å². The van der Waals surface area contributed by atoms with Gasteiger partial charge >= 0.3 is 23.5 Å². The highest BCUT2D eigenvalue weighted by Gasteiger charge is 2.50. The van der Waals surface area contributed by atoms with Gasteiger partial charge in [-0.15, -0.1) is 0 Å². The Hall–Kier alpha value is -2.48. The molecule has 3 rings (SSSR count). The van der Waals surface area contributed by atoms with Crippen molar-refractivity contribution >= 4 is 68.3 Å². The van der Waals surface area contributed by atoms with E-state index in [-0.39, 0.29) is 46.9 Å². The van der Waals surface area contributed by atoms with Crippen molar-refractivity contribution in [2.45, 2.75) is 95.9 Å².